The van der Waals surface area contributed by atoms with Crippen LogP contribution in [-0.4, -0.2) is 37.4 Å². The number of halogens is 5. The first-order chi connectivity index (χ1) is 11.9. The Morgan fingerprint density at radius 3 is 1.85 bits per heavy atom. The van der Waals surface area contributed by atoms with Crippen molar-refractivity contribution in [1.82, 2.24) is 10.2 Å². The highest BCUT2D eigenvalue weighted by molar-refractivity contribution is 5.85. The molecule has 3 rings (SSSR count). The van der Waals surface area contributed by atoms with E-state index in [2.05, 4.69) is 39.2 Å². The van der Waals surface area contributed by atoms with Gasteiger partial charge in [0.2, 0.25) is 0 Å². The molecule has 0 bridgehead atoms. The third-order valence-corrected chi connectivity index (χ3v) is 4.34. The molecule has 1 aliphatic rings. The van der Waals surface area contributed by atoms with E-state index in [-0.39, 0.29) is 36.6 Å². The highest BCUT2D eigenvalue weighted by atomic mass is 35.5. The lowest BCUT2D eigenvalue weighted by Crippen LogP contribution is -2.45. The number of nitrogens with one attached hydrogen (secondary N) is 1. The van der Waals surface area contributed by atoms with Crippen molar-refractivity contribution in [2.75, 3.05) is 26.2 Å². The summed E-state index contributed by atoms with van der Waals surface area (Å²) in [4.78, 5) is 2.35. The van der Waals surface area contributed by atoms with Crippen molar-refractivity contribution in [3.8, 4) is 5.75 Å². The van der Waals surface area contributed by atoms with E-state index >= 15 is 0 Å². The van der Waals surface area contributed by atoms with Crippen LogP contribution < -0.4 is 10.1 Å². The van der Waals surface area contributed by atoms with Gasteiger partial charge >= 0.3 is 6.36 Å². The number of ether oxygens (including phenoxy) is 1. The number of nitrogens with zero attached hydrogens (tertiary/aromatic N) is 1. The van der Waals surface area contributed by atoms with Gasteiger partial charge in [-0.05, 0) is 30.2 Å². The molecule has 2 aromatic carbocycles. The Labute approximate surface area is 169 Å². The van der Waals surface area contributed by atoms with Crippen LogP contribution in [-0.2, 0) is 0 Å². The maximum Gasteiger partial charge on any atom is 0.573 e. The first-order valence-electron chi connectivity index (χ1n) is 8.29. The quantitative estimate of drug-likeness (QED) is 0.770. The van der Waals surface area contributed by atoms with Gasteiger partial charge in [-0.3, -0.25) is 4.90 Å². The lowest BCUT2D eigenvalue weighted by Gasteiger charge is -2.35. The minimum Gasteiger partial charge on any atom is -0.406 e. The van der Waals surface area contributed by atoms with Crippen LogP contribution in [0.4, 0.5) is 13.2 Å². The first-order valence-corrected chi connectivity index (χ1v) is 8.29. The van der Waals surface area contributed by atoms with Crippen LogP contribution in [0.5, 0.6) is 5.75 Å². The van der Waals surface area contributed by atoms with Gasteiger partial charge in [-0.25, -0.2) is 0 Å². The summed E-state index contributed by atoms with van der Waals surface area (Å²) < 4.78 is 41.0. The number of aryl methyl sites for hydroxylation is 1. The Kier molecular flexibility index (Phi) is 8.88. The number of alkyl halides is 3. The van der Waals surface area contributed by atoms with E-state index in [1.165, 1.54) is 17.7 Å². The molecule has 0 aliphatic carbocycles. The number of benzene rings is 2. The smallest absolute Gasteiger partial charge is 0.406 e. The van der Waals surface area contributed by atoms with E-state index in [1.807, 2.05) is 6.92 Å². The van der Waals surface area contributed by atoms with Gasteiger partial charge in [0, 0.05) is 26.2 Å². The molecule has 1 saturated heterocycles. The largest absolute Gasteiger partial charge is 0.573 e. The lowest BCUT2D eigenvalue weighted by atomic mass is 9.95. The van der Waals surface area contributed by atoms with Gasteiger partial charge < -0.3 is 10.1 Å². The van der Waals surface area contributed by atoms with Crippen molar-refractivity contribution in [2.45, 2.75) is 19.3 Å². The zero-order valence-corrected chi connectivity index (χ0v) is 16.5. The molecule has 1 fully saturated rings. The number of hydrogen-bond donors (Lipinski definition) is 1. The number of piperazine rings is 1. The minimum atomic E-state index is -4.67. The van der Waals surface area contributed by atoms with Crippen molar-refractivity contribution < 1.29 is 17.9 Å². The van der Waals surface area contributed by atoms with Gasteiger partial charge in [0.25, 0.3) is 0 Å². The monoisotopic (exact) mass is 422 g/mol. The van der Waals surface area contributed by atoms with Crippen LogP contribution in [0.25, 0.3) is 0 Å². The Bertz CT molecular complexity index is 688. The topological polar surface area (TPSA) is 24.5 Å². The van der Waals surface area contributed by atoms with Crippen LogP contribution in [0.1, 0.15) is 22.7 Å². The molecular weight excluding hydrogens is 400 g/mol. The third kappa shape index (κ3) is 6.57. The van der Waals surface area contributed by atoms with E-state index in [9.17, 15) is 13.2 Å². The normalized spacial score (nSPS) is 16.0. The fourth-order valence-corrected chi connectivity index (χ4v) is 3.15. The fourth-order valence-electron chi connectivity index (χ4n) is 3.15. The summed E-state index contributed by atoms with van der Waals surface area (Å²) in [5, 5.41) is 3.33. The maximum atomic E-state index is 12.4. The van der Waals surface area contributed by atoms with Crippen LogP contribution in [0.15, 0.2) is 48.5 Å². The third-order valence-electron chi connectivity index (χ3n) is 4.34. The molecule has 2 aromatic rings. The molecule has 0 aromatic heterocycles. The van der Waals surface area contributed by atoms with Gasteiger partial charge in [0.05, 0.1) is 6.04 Å². The SMILES string of the molecule is Cc1ccc([C@@H](c2ccc(OC(F)(F)F)cc2)N2CCNCC2)cc1.Cl.Cl. The van der Waals surface area contributed by atoms with Gasteiger partial charge in [-0.2, -0.15) is 0 Å². The molecule has 0 spiro atoms. The number of hydrogen-bond acceptors (Lipinski definition) is 3. The van der Waals surface area contributed by atoms with Crippen LogP contribution >= 0.6 is 24.8 Å². The second kappa shape index (κ2) is 10.2. The van der Waals surface area contributed by atoms with E-state index in [1.54, 1.807) is 12.1 Å². The standard InChI is InChI=1S/C19H21F3N2O.2ClH/c1-14-2-4-15(5-3-14)18(24-12-10-23-11-13-24)16-6-8-17(9-7-16)25-19(20,21)22;;/h2-9,18,23H,10-13H2,1H3;2*1H/t18-;;/m0../s1. The molecule has 3 nitrogen and oxygen atoms in total. The molecule has 8 heteroatoms. The van der Waals surface area contributed by atoms with Gasteiger partial charge in [-0.1, -0.05) is 42.0 Å². The molecular formula is C19H23Cl2F3N2O. The van der Waals surface area contributed by atoms with E-state index in [4.69, 9.17) is 0 Å². The molecule has 1 N–H and O–H groups in total. The molecule has 1 aliphatic heterocycles. The molecule has 0 saturated carbocycles. The minimum absolute atomic E-state index is 0. The van der Waals surface area contributed by atoms with Crippen LogP contribution in [0.3, 0.4) is 0 Å². The molecule has 27 heavy (non-hydrogen) atoms. The highest BCUT2D eigenvalue weighted by Gasteiger charge is 2.31. The molecule has 0 amide bonds. The van der Waals surface area contributed by atoms with Crippen molar-refractivity contribution in [3.05, 3.63) is 65.2 Å². The van der Waals surface area contributed by atoms with Crippen molar-refractivity contribution in [3.63, 3.8) is 0 Å². The van der Waals surface area contributed by atoms with Crippen molar-refractivity contribution in [2.24, 2.45) is 0 Å². The van der Waals surface area contributed by atoms with Gasteiger partial charge in [0.15, 0.2) is 0 Å². The molecule has 150 valence electrons. The molecule has 0 radical (unpaired) electrons. The van der Waals surface area contributed by atoms with E-state index in [0.29, 0.717) is 0 Å². The van der Waals surface area contributed by atoms with E-state index in [0.717, 1.165) is 37.3 Å². The lowest BCUT2D eigenvalue weighted by molar-refractivity contribution is -0.274. The summed E-state index contributed by atoms with van der Waals surface area (Å²) in [6.45, 7) is 5.61. The summed E-state index contributed by atoms with van der Waals surface area (Å²) in [5.74, 6) is -0.195. The second-order valence-corrected chi connectivity index (χ2v) is 6.22. The summed E-state index contributed by atoms with van der Waals surface area (Å²) in [7, 11) is 0. The zero-order chi connectivity index (χ0) is 17.9. The predicted octanol–water partition coefficient (Wildman–Crippen LogP) is 4.73. The summed E-state index contributed by atoms with van der Waals surface area (Å²) in [5.41, 5.74) is 3.27. The first kappa shape index (κ1) is 23.6. The molecule has 1 atom stereocenters. The van der Waals surface area contributed by atoms with Gasteiger partial charge in [0.1, 0.15) is 5.75 Å². The van der Waals surface area contributed by atoms with E-state index < -0.39 is 6.36 Å². The number of rotatable bonds is 4. The molecule has 1 heterocycles. The fraction of sp³-hybridized carbons (Fsp3) is 0.368. The summed E-state index contributed by atoms with van der Waals surface area (Å²) in [6.07, 6.45) is -4.67. The Balaban J connectivity index is 0.00000182. The highest BCUT2D eigenvalue weighted by Crippen LogP contribution is 2.31. The summed E-state index contributed by atoms with van der Waals surface area (Å²) in [6, 6.07) is 14.5. The Morgan fingerprint density at radius 1 is 0.889 bits per heavy atom. The van der Waals surface area contributed by atoms with Crippen molar-refractivity contribution in [1.29, 1.82) is 0 Å². The van der Waals surface area contributed by atoms with Crippen molar-refractivity contribution >= 4 is 24.8 Å². The van der Waals surface area contributed by atoms with Crippen LogP contribution in [0, 0.1) is 6.92 Å². The zero-order valence-electron chi connectivity index (χ0n) is 14.8. The Morgan fingerprint density at radius 2 is 1.37 bits per heavy atom. The average molecular weight is 423 g/mol. The molecule has 0 unspecified atom stereocenters. The second-order valence-electron chi connectivity index (χ2n) is 6.22. The average Bonchev–Trinajstić information content (AvgIpc) is 2.58. The maximum absolute atomic E-state index is 12.4. The summed E-state index contributed by atoms with van der Waals surface area (Å²) >= 11 is 0. The van der Waals surface area contributed by atoms with Crippen LogP contribution in [0.2, 0.25) is 0 Å². The Hall–Kier alpha value is -1.47. The van der Waals surface area contributed by atoms with Gasteiger partial charge in [-0.15, -0.1) is 38.0 Å². The predicted molar refractivity (Wildman–Crippen MR) is 105 cm³/mol.